The second-order valence-electron chi connectivity index (χ2n) is 4.33. The molecule has 0 saturated carbocycles. The summed E-state index contributed by atoms with van der Waals surface area (Å²) in [5.41, 5.74) is 9.01. The van der Waals surface area contributed by atoms with Crippen LogP contribution in [0.5, 0.6) is 0 Å². The minimum absolute atomic E-state index is 0.432. The van der Waals surface area contributed by atoms with Crippen molar-refractivity contribution in [3.8, 4) is 0 Å². The number of aryl methyl sites for hydroxylation is 1. The van der Waals surface area contributed by atoms with Crippen molar-refractivity contribution in [1.82, 2.24) is 4.98 Å². The van der Waals surface area contributed by atoms with E-state index in [1.807, 2.05) is 49.4 Å². The minimum Gasteiger partial charge on any atom is -0.370 e. The first kappa shape index (κ1) is 13.1. The summed E-state index contributed by atoms with van der Waals surface area (Å²) >= 11 is 0. The third-order valence-corrected chi connectivity index (χ3v) is 2.67. The highest BCUT2D eigenvalue weighted by atomic mass is 15.1. The number of benzene rings is 1. The van der Waals surface area contributed by atoms with Crippen LogP contribution in [0.2, 0.25) is 0 Å². The first-order chi connectivity index (χ1) is 9.24. The lowest BCUT2D eigenvalue weighted by Gasteiger charge is -2.06. The van der Waals surface area contributed by atoms with Crippen molar-refractivity contribution in [2.75, 3.05) is 11.9 Å². The number of rotatable bonds is 4. The van der Waals surface area contributed by atoms with E-state index in [1.54, 1.807) is 6.20 Å². The predicted octanol–water partition coefficient (Wildman–Crippen LogP) is 2.36. The van der Waals surface area contributed by atoms with Crippen molar-refractivity contribution in [3.05, 3.63) is 59.9 Å². The van der Waals surface area contributed by atoms with Gasteiger partial charge in [-0.1, -0.05) is 18.2 Å². The maximum absolute atomic E-state index is 5.84. The van der Waals surface area contributed by atoms with E-state index in [2.05, 4.69) is 15.3 Å². The quantitative estimate of drug-likeness (QED) is 0.650. The molecular formula is C15H18N4. The Kier molecular flexibility index (Phi) is 4.50. The molecule has 0 fully saturated rings. The molecule has 0 atom stereocenters. The highest BCUT2D eigenvalue weighted by Gasteiger charge is 1.96. The molecule has 0 radical (unpaired) electrons. The molecular weight excluding hydrogens is 236 g/mol. The highest BCUT2D eigenvalue weighted by Crippen LogP contribution is 2.08. The number of guanidine groups is 1. The van der Waals surface area contributed by atoms with Gasteiger partial charge in [-0.15, -0.1) is 0 Å². The molecule has 0 aliphatic heterocycles. The summed E-state index contributed by atoms with van der Waals surface area (Å²) < 4.78 is 0. The number of nitrogens with two attached hydrogens (primary N) is 1. The lowest BCUT2D eigenvalue weighted by Crippen LogP contribution is -2.23. The topological polar surface area (TPSA) is 63.3 Å². The summed E-state index contributed by atoms with van der Waals surface area (Å²) in [4.78, 5) is 8.53. The Hall–Kier alpha value is -2.36. The molecule has 0 aliphatic rings. The Labute approximate surface area is 113 Å². The number of hydrogen-bond donors (Lipinski definition) is 2. The summed E-state index contributed by atoms with van der Waals surface area (Å²) in [6, 6.07) is 13.9. The molecule has 4 nitrogen and oxygen atoms in total. The number of aliphatic imine (C=N–C) groups is 1. The SMILES string of the molecule is Cc1cccc(NC(N)=NCCc2ccccn2)c1. The van der Waals surface area contributed by atoms with Crippen LogP contribution in [0, 0.1) is 6.92 Å². The van der Waals surface area contributed by atoms with Crippen LogP contribution in [0.1, 0.15) is 11.3 Å². The van der Waals surface area contributed by atoms with Crippen LogP contribution in [0.4, 0.5) is 5.69 Å². The number of anilines is 1. The smallest absolute Gasteiger partial charge is 0.193 e. The summed E-state index contributed by atoms with van der Waals surface area (Å²) in [5.74, 6) is 0.432. The van der Waals surface area contributed by atoms with Gasteiger partial charge in [-0.3, -0.25) is 9.98 Å². The Morgan fingerprint density at radius 1 is 1.26 bits per heavy atom. The number of nitrogens with zero attached hydrogens (tertiary/aromatic N) is 2. The van der Waals surface area contributed by atoms with Crippen molar-refractivity contribution < 1.29 is 0 Å². The van der Waals surface area contributed by atoms with Gasteiger partial charge < -0.3 is 11.1 Å². The van der Waals surface area contributed by atoms with E-state index in [-0.39, 0.29) is 0 Å². The zero-order valence-corrected chi connectivity index (χ0v) is 11.0. The molecule has 4 heteroatoms. The Balaban J connectivity index is 1.86. The van der Waals surface area contributed by atoms with E-state index in [9.17, 15) is 0 Å². The monoisotopic (exact) mass is 254 g/mol. The van der Waals surface area contributed by atoms with Gasteiger partial charge in [-0.2, -0.15) is 0 Å². The molecule has 2 aromatic rings. The molecule has 98 valence electrons. The van der Waals surface area contributed by atoms with Gasteiger partial charge in [0.2, 0.25) is 0 Å². The molecule has 1 aromatic carbocycles. The van der Waals surface area contributed by atoms with Crippen molar-refractivity contribution in [2.45, 2.75) is 13.3 Å². The van der Waals surface area contributed by atoms with Crippen LogP contribution in [-0.4, -0.2) is 17.5 Å². The zero-order chi connectivity index (χ0) is 13.5. The second-order valence-corrected chi connectivity index (χ2v) is 4.33. The van der Waals surface area contributed by atoms with E-state index < -0.39 is 0 Å². The fourth-order valence-corrected chi connectivity index (χ4v) is 1.75. The van der Waals surface area contributed by atoms with Gasteiger partial charge in [0.15, 0.2) is 5.96 Å². The standard InChI is InChI=1S/C15H18N4/c1-12-5-4-7-14(11-12)19-15(16)18-10-8-13-6-2-3-9-17-13/h2-7,9,11H,8,10H2,1H3,(H3,16,18,19). The van der Waals surface area contributed by atoms with E-state index in [0.29, 0.717) is 12.5 Å². The van der Waals surface area contributed by atoms with Gasteiger partial charge in [0.25, 0.3) is 0 Å². The van der Waals surface area contributed by atoms with Gasteiger partial charge >= 0.3 is 0 Å². The molecule has 2 rings (SSSR count). The van der Waals surface area contributed by atoms with Crippen LogP contribution in [0.25, 0.3) is 0 Å². The van der Waals surface area contributed by atoms with Gasteiger partial charge in [0.05, 0.1) is 0 Å². The average molecular weight is 254 g/mol. The molecule has 0 spiro atoms. The van der Waals surface area contributed by atoms with Gasteiger partial charge in [0, 0.05) is 30.5 Å². The molecule has 3 N–H and O–H groups in total. The van der Waals surface area contributed by atoms with Crippen molar-refractivity contribution in [3.63, 3.8) is 0 Å². The van der Waals surface area contributed by atoms with E-state index in [0.717, 1.165) is 17.8 Å². The third-order valence-electron chi connectivity index (χ3n) is 2.67. The molecule has 1 aromatic heterocycles. The van der Waals surface area contributed by atoms with Crippen LogP contribution in [0.3, 0.4) is 0 Å². The predicted molar refractivity (Wildman–Crippen MR) is 79.2 cm³/mol. The van der Waals surface area contributed by atoms with Crippen LogP contribution in [0.15, 0.2) is 53.7 Å². The summed E-state index contributed by atoms with van der Waals surface area (Å²) in [6.45, 7) is 2.67. The lowest BCUT2D eigenvalue weighted by atomic mass is 10.2. The number of nitrogens with one attached hydrogen (secondary N) is 1. The van der Waals surface area contributed by atoms with Crippen LogP contribution in [-0.2, 0) is 6.42 Å². The first-order valence-corrected chi connectivity index (χ1v) is 6.27. The molecule has 0 unspecified atom stereocenters. The molecule has 0 saturated heterocycles. The zero-order valence-electron chi connectivity index (χ0n) is 11.0. The summed E-state index contributed by atoms with van der Waals surface area (Å²) in [6.07, 6.45) is 2.57. The number of hydrogen-bond acceptors (Lipinski definition) is 2. The fraction of sp³-hybridized carbons (Fsp3) is 0.200. The van der Waals surface area contributed by atoms with Crippen molar-refractivity contribution in [2.24, 2.45) is 10.7 Å². The minimum atomic E-state index is 0.432. The van der Waals surface area contributed by atoms with E-state index in [4.69, 9.17) is 5.73 Å². The first-order valence-electron chi connectivity index (χ1n) is 6.27. The Bertz CT molecular complexity index is 549. The number of aromatic nitrogens is 1. The summed E-state index contributed by atoms with van der Waals surface area (Å²) in [5, 5.41) is 3.08. The molecule has 0 bridgehead atoms. The summed E-state index contributed by atoms with van der Waals surface area (Å²) in [7, 11) is 0. The van der Waals surface area contributed by atoms with Crippen molar-refractivity contribution in [1.29, 1.82) is 0 Å². The molecule has 1 heterocycles. The van der Waals surface area contributed by atoms with Gasteiger partial charge in [-0.05, 0) is 36.8 Å². The van der Waals surface area contributed by atoms with E-state index in [1.165, 1.54) is 5.56 Å². The van der Waals surface area contributed by atoms with Gasteiger partial charge in [0.1, 0.15) is 0 Å². The highest BCUT2D eigenvalue weighted by molar-refractivity contribution is 5.92. The van der Waals surface area contributed by atoms with Crippen LogP contribution >= 0.6 is 0 Å². The second kappa shape index (κ2) is 6.54. The molecule has 0 aliphatic carbocycles. The van der Waals surface area contributed by atoms with Crippen LogP contribution < -0.4 is 11.1 Å². The normalized spacial score (nSPS) is 11.3. The number of pyridine rings is 1. The Morgan fingerprint density at radius 2 is 2.16 bits per heavy atom. The lowest BCUT2D eigenvalue weighted by molar-refractivity contribution is 0.921. The average Bonchev–Trinajstić information content (AvgIpc) is 2.40. The third kappa shape index (κ3) is 4.43. The Morgan fingerprint density at radius 3 is 2.89 bits per heavy atom. The van der Waals surface area contributed by atoms with E-state index >= 15 is 0 Å². The largest absolute Gasteiger partial charge is 0.370 e. The van der Waals surface area contributed by atoms with Crippen molar-refractivity contribution >= 4 is 11.6 Å². The maximum atomic E-state index is 5.84. The molecule has 0 amide bonds. The maximum Gasteiger partial charge on any atom is 0.193 e. The van der Waals surface area contributed by atoms with Gasteiger partial charge in [-0.25, -0.2) is 0 Å². The molecule has 19 heavy (non-hydrogen) atoms. The fourth-order valence-electron chi connectivity index (χ4n) is 1.75.